The van der Waals surface area contributed by atoms with Gasteiger partial charge in [0.25, 0.3) is 5.91 Å². The molecule has 1 saturated heterocycles. The number of aromatic carboxylic acids is 1. The monoisotopic (exact) mass is 279 g/mol. The Morgan fingerprint density at radius 2 is 2.00 bits per heavy atom. The van der Waals surface area contributed by atoms with Gasteiger partial charge in [-0.15, -0.1) is 0 Å². The van der Waals surface area contributed by atoms with E-state index in [-0.39, 0.29) is 17.6 Å². The van der Waals surface area contributed by atoms with Crippen molar-refractivity contribution >= 4 is 11.9 Å². The molecule has 1 atom stereocenters. The number of methoxy groups -OCH3 is 1. The fraction of sp³-hybridized carbons (Fsp3) is 0.429. The minimum absolute atomic E-state index is 0.115. The number of hydrogen-bond acceptors (Lipinski definition) is 4. The van der Waals surface area contributed by atoms with Crippen LogP contribution in [0.4, 0.5) is 0 Å². The molecule has 1 aromatic carbocycles. The lowest BCUT2D eigenvalue weighted by molar-refractivity contribution is -0.0531. The SMILES string of the molecule is COCC1CN(C(=O)c2ccc(C(=O)O)cc2)CCO1. The maximum atomic E-state index is 12.3. The standard InChI is InChI=1S/C14H17NO5/c1-19-9-12-8-15(6-7-20-12)13(16)10-2-4-11(5-3-10)14(17)18/h2-5,12H,6-9H2,1H3,(H,17,18). The molecule has 0 aromatic heterocycles. The highest BCUT2D eigenvalue weighted by atomic mass is 16.5. The Kier molecular flexibility index (Phi) is 4.70. The number of carboxylic acid groups (broad SMARTS) is 1. The van der Waals surface area contributed by atoms with Crippen LogP contribution >= 0.6 is 0 Å². The lowest BCUT2D eigenvalue weighted by atomic mass is 10.1. The second-order valence-corrected chi connectivity index (χ2v) is 4.58. The van der Waals surface area contributed by atoms with Gasteiger partial charge >= 0.3 is 5.97 Å². The summed E-state index contributed by atoms with van der Waals surface area (Å²) in [5.74, 6) is -1.12. The summed E-state index contributed by atoms with van der Waals surface area (Å²) in [5.41, 5.74) is 0.647. The molecule has 1 aliphatic heterocycles. The highest BCUT2D eigenvalue weighted by molar-refractivity contribution is 5.96. The first-order chi connectivity index (χ1) is 9.61. The van der Waals surface area contributed by atoms with Crippen LogP contribution in [0.1, 0.15) is 20.7 Å². The molecule has 1 heterocycles. The summed E-state index contributed by atoms with van der Waals surface area (Å²) >= 11 is 0. The zero-order chi connectivity index (χ0) is 14.5. The Morgan fingerprint density at radius 3 is 2.60 bits per heavy atom. The second-order valence-electron chi connectivity index (χ2n) is 4.58. The molecular formula is C14H17NO5. The fourth-order valence-corrected chi connectivity index (χ4v) is 2.13. The Balaban J connectivity index is 2.04. The number of carbonyl (C=O) groups excluding carboxylic acids is 1. The van der Waals surface area contributed by atoms with E-state index in [2.05, 4.69) is 0 Å². The predicted molar refractivity (Wildman–Crippen MR) is 70.9 cm³/mol. The summed E-state index contributed by atoms with van der Waals surface area (Å²) in [4.78, 5) is 24.8. The maximum absolute atomic E-state index is 12.3. The van der Waals surface area contributed by atoms with Crippen molar-refractivity contribution in [3.63, 3.8) is 0 Å². The van der Waals surface area contributed by atoms with Crippen molar-refractivity contribution in [2.75, 3.05) is 33.4 Å². The van der Waals surface area contributed by atoms with Crippen molar-refractivity contribution in [3.8, 4) is 0 Å². The van der Waals surface area contributed by atoms with Gasteiger partial charge < -0.3 is 19.5 Å². The van der Waals surface area contributed by atoms with Crippen molar-refractivity contribution in [2.24, 2.45) is 0 Å². The topological polar surface area (TPSA) is 76.1 Å². The van der Waals surface area contributed by atoms with Crippen molar-refractivity contribution < 1.29 is 24.2 Å². The predicted octanol–water partition coefficient (Wildman–Crippen LogP) is 0.872. The van der Waals surface area contributed by atoms with Crippen LogP contribution in [0.5, 0.6) is 0 Å². The molecule has 0 saturated carbocycles. The van der Waals surface area contributed by atoms with Crippen LogP contribution in [0.15, 0.2) is 24.3 Å². The van der Waals surface area contributed by atoms with Crippen molar-refractivity contribution in [1.29, 1.82) is 0 Å². The number of morpholine rings is 1. The third-order valence-electron chi connectivity index (χ3n) is 3.16. The van der Waals surface area contributed by atoms with Gasteiger partial charge in [-0.1, -0.05) is 0 Å². The average molecular weight is 279 g/mol. The molecule has 6 nitrogen and oxygen atoms in total. The van der Waals surface area contributed by atoms with E-state index in [1.165, 1.54) is 24.3 Å². The van der Waals surface area contributed by atoms with Crippen LogP contribution < -0.4 is 0 Å². The molecule has 1 amide bonds. The van der Waals surface area contributed by atoms with Crippen LogP contribution in [-0.2, 0) is 9.47 Å². The first-order valence-corrected chi connectivity index (χ1v) is 6.35. The van der Waals surface area contributed by atoms with Gasteiger partial charge in [0, 0.05) is 25.8 Å². The minimum atomic E-state index is -1.00. The zero-order valence-electron chi connectivity index (χ0n) is 11.2. The smallest absolute Gasteiger partial charge is 0.335 e. The molecule has 20 heavy (non-hydrogen) atoms. The van der Waals surface area contributed by atoms with Gasteiger partial charge in [0.1, 0.15) is 0 Å². The van der Waals surface area contributed by atoms with Crippen LogP contribution in [0.25, 0.3) is 0 Å². The fourth-order valence-electron chi connectivity index (χ4n) is 2.13. The summed E-state index contributed by atoms with van der Waals surface area (Å²) in [6, 6.07) is 5.93. The van der Waals surface area contributed by atoms with Gasteiger partial charge in [0.15, 0.2) is 0 Å². The van der Waals surface area contributed by atoms with E-state index in [0.717, 1.165) is 0 Å². The number of amides is 1. The van der Waals surface area contributed by atoms with Gasteiger partial charge in [-0.05, 0) is 24.3 Å². The van der Waals surface area contributed by atoms with E-state index in [1.54, 1.807) is 12.0 Å². The molecule has 108 valence electrons. The van der Waals surface area contributed by atoms with Gasteiger partial charge in [-0.2, -0.15) is 0 Å². The van der Waals surface area contributed by atoms with E-state index >= 15 is 0 Å². The largest absolute Gasteiger partial charge is 0.478 e. The number of rotatable bonds is 4. The highest BCUT2D eigenvalue weighted by Crippen LogP contribution is 2.12. The second kappa shape index (κ2) is 6.49. The molecule has 2 rings (SSSR count). The van der Waals surface area contributed by atoms with Gasteiger partial charge in [0.2, 0.25) is 0 Å². The molecule has 1 unspecified atom stereocenters. The van der Waals surface area contributed by atoms with Gasteiger partial charge in [-0.3, -0.25) is 4.79 Å². The maximum Gasteiger partial charge on any atom is 0.335 e. The summed E-state index contributed by atoms with van der Waals surface area (Å²) in [7, 11) is 1.59. The van der Waals surface area contributed by atoms with E-state index in [9.17, 15) is 9.59 Å². The van der Waals surface area contributed by atoms with E-state index in [0.29, 0.717) is 31.9 Å². The van der Waals surface area contributed by atoms with Crippen LogP contribution in [-0.4, -0.2) is 61.4 Å². The molecule has 0 radical (unpaired) electrons. The van der Waals surface area contributed by atoms with Crippen LogP contribution in [0, 0.1) is 0 Å². The number of carboxylic acids is 1. The van der Waals surface area contributed by atoms with E-state index < -0.39 is 5.97 Å². The molecular weight excluding hydrogens is 262 g/mol. The molecule has 1 N–H and O–H groups in total. The third-order valence-corrected chi connectivity index (χ3v) is 3.16. The first-order valence-electron chi connectivity index (χ1n) is 6.35. The Morgan fingerprint density at radius 1 is 1.35 bits per heavy atom. The Labute approximate surface area is 116 Å². The van der Waals surface area contributed by atoms with E-state index in [1.807, 2.05) is 0 Å². The summed E-state index contributed by atoms with van der Waals surface area (Å²) < 4.78 is 10.5. The quantitative estimate of drug-likeness (QED) is 0.885. The average Bonchev–Trinajstić information content (AvgIpc) is 2.47. The molecule has 1 aliphatic rings. The number of ether oxygens (including phenoxy) is 2. The number of benzene rings is 1. The van der Waals surface area contributed by atoms with Crippen molar-refractivity contribution in [3.05, 3.63) is 35.4 Å². The minimum Gasteiger partial charge on any atom is -0.478 e. The van der Waals surface area contributed by atoms with Gasteiger partial charge in [-0.25, -0.2) is 4.79 Å². The zero-order valence-corrected chi connectivity index (χ0v) is 11.2. The van der Waals surface area contributed by atoms with Crippen LogP contribution in [0.2, 0.25) is 0 Å². The van der Waals surface area contributed by atoms with Crippen LogP contribution in [0.3, 0.4) is 0 Å². The molecule has 0 spiro atoms. The lowest BCUT2D eigenvalue weighted by Gasteiger charge is -2.32. The highest BCUT2D eigenvalue weighted by Gasteiger charge is 2.25. The third kappa shape index (κ3) is 3.34. The summed E-state index contributed by atoms with van der Waals surface area (Å²) in [6.45, 7) is 1.93. The van der Waals surface area contributed by atoms with E-state index in [4.69, 9.17) is 14.6 Å². The lowest BCUT2D eigenvalue weighted by Crippen LogP contribution is -2.47. The first kappa shape index (κ1) is 14.5. The normalized spacial score (nSPS) is 18.9. The Hall–Kier alpha value is -1.92. The van der Waals surface area contributed by atoms with Crippen molar-refractivity contribution in [1.82, 2.24) is 4.90 Å². The molecule has 1 aromatic rings. The molecule has 6 heteroatoms. The van der Waals surface area contributed by atoms with Gasteiger partial charge in [0.05, 0.1) is 24.9 Å². The molecule has 1 fully saturated rings. The summed E-state index contributed by atoms with van der Waals surface area (Å²) in [6.07, 6.45) is -0.115. The summed E-state index contributed by atoms with van der Waals surface area (Å²) in [5, 5.41) is 8.83. The van der Waals surface area contributed by atoms with Crippen molar-refractivity contribution in [2.45, 2.75) is 6.10 Å². The number of nitrogens with zero attached hydrogens (tertiary/aromatic N) is 1. The molecule has 0 bridgehead atoms. The number of hydrogen-bond donors (Lipinski definition) is 1. The number of carbonyl (C=O) groups is 2. The Bertz CT molecular complexity index is 483. The molecule has 0 aliphatic carbocycles.